The standard InChI is InChI=1S/C12H18N2O3/c1-12(2,3)17-11(15)14(16)9-6-10-4-7-13-8-5-10/h4-5,7-8,16H,6,9H2,1-3H3. The molecule has 0 aromatic carbocycles. The van der Waals surface area contributed by atoms with Gasteiger partial charge in [0.25, 0.3) is 0 Å². The van der Waals surface area contributed by atoms with Gasteiger partial charge in [-0.3, -0.25) is 10.2 Å². The van der Waals surface area contributed by atoms with Crippen molar-refractivity contribution in [1.82, 2.24) is 10.0 Å². The van der Waals surface area contributed by atoms with Gasteiger partial charge in [0.15, 0.2) is 0 Å². The lowest BCUT2D eigenvalue weighted by atomic mass is 10.2. The first-order chi connectivity index (χ1) is 7.88. The molecule has 1 rings (SSSR count). The van der Waals surface area contributed by atoms with Gasteiger partial charge < -0.3 is 4.74 Å². The second kappa shape index (κ2) is 5.63. The SMILES string of the molecule is CC(C)(C)OC(=O)N(O)CCc1ccncc1. The van der Waals surface area contributed by atoms with Crippen molar-refractivity contribution in [1.29, 1.82) is 0 Å². The summed E-state index contributed by atoms with van der Waals surface area (Å²) in [5.74, 6) is 0. The Labute approximate surface area is 101 Å². The lowest BCUT2D eigenvalue weighted by Gasteiger charge is -2.23. The van der Waals surface area contributed by atoms with Crippen LogP contribution in [0.5, 0.6) is 0 Å². The number of aromatic nitrogens is 1. The number of rotatable bonds is 3. The Bertz CT molecular complexity index is 360. The van der Waals surface area contributed by atoms with Gasteiger partial charge in [0.1, 0.15) is 5.60 Å². The van der Waals surface area contributed by atoms with E-state index in [-0.39, 0.29) is 6.54 Å². The van der Waals surface area contributed by atoms with Crippen LogP contribution in [0, 0.1) is 0 Å². The highest BCUT2D eigenvalue weighted by Gasteiger charge is 2.20. The summed E-state index contributed by atoms with van der Waals surface area (Å²) in [6, 6.07) is 3.67. The third-order valence-electron chi connectivity index (χ3n) is 1.97. The number of pyridine rings is 1. The summed E-state index contributed by atoms with van der Waals surface area (Å²) in [5.41, 5.74) is 0.400. The third-order valence-corrected chi connectivity index (χ3v) is 1.97. The van der Waals surface area contributed by atoms with Crippen LogP contribution in [0.4, 0.5) is 4.79 Å². The first-order valence-electron chi connectivity index (χ1n) is 5.47. The van der Waals surface area contributed by atoms with Crippen molar-refractivity contribution in [2.45, 2.75) is 32.8 Å². The molecule has 0 spiro atoms. The summed E-state index contributed by atoms with van der Waals surface area (Å²) in [7, 11) is 0. The zero-order valence-corrected chi connectivity index (χ0v) is 10.4. The molecule has 0 unspecified atom stereocenters. The highest BCUT2D eigenvalue weighted by molar-refractivity contribution is 5.66. The molecule has 5 heteroatoms. The highest BCUT2D eigenvalue weighted by Crippen LogP contribution is 2.09. The van der Waals surface area contributed by atoms with Crippen molar-refractivity contribution >= 4 is 6.09 Å². The smallest absolute Gasteiger partial charge is 0.434 e. The fourth-order valence-electron chi connectivity index (χ4n) is 1.19. The van der Waals surface area contributed by atoms with Crippen LogP contribution >= 0.6 is 0 Å². The van der Waals surface area contributed by atoms with E-state index in [0.717, 1.165) is 5.56 Å². The molecule has 0 aliphatic rings. The molecule has 0 aliphatic heterocycles. The van der Waals surface area contributed by atoms with E-state index in [9.17, 15) is 10.0 Å². The molecule has 1 heterocycles. The molecule has 0 bridgehead atoms. The van der Waals surface area contributed by atoms with Gasteiger partial charge in [0, 0.05) is 12.4 Å². The number of carbonyl (C=O) groups is 1. The number of ether oxygens (including phenoxy) is 1. The Kier molecular flexibility index (Phi) is 4.45. The average molecular weight is 238 g/mol. The molecule has 1 aromatic rings. The Balaban J connectivity index is 2.40. The number of hydrogen-bond donors (Lipinski definition) is 1. The van der Waals surface area contributed by atoms with Crippen molar-refractivity contribution in [3.63, 3.8) is 0 Å². The van der Waals surface area contributed by atoms with Gasteiger partial charge >= 0.3 is 6.09 Å². The fourth-order valence-corrected chi connectivity index (χ4v) is 1.19. The van der Waals surface area contributed by atoms with E-state index in [1.54, 1.807) is 33.2 Å². The monoisotopic (exact) mass is 238 g/mol. The predicted molar refractivity (Wildman–Crippen MR) is 62.7 cm³/mol. The fraction of sp³-hybridized carbons (Fsp3) is 0.500. The first kappa shape index (κ1) is 13.4. The maximum absolute atomic E-state index is 11.4. The van der Waals surface area contributed by atoms with Crippen LogP contribution < -0.4 is 0 Å². The van der Waals surface area contributed by atoms with Gasteiger partial charge in [0.2, 0.25) is 0 Å². The van der Waals surface area contributed by atoms with Gasteiger partial charge in [-0.25, -0.2) is 4.79 Å². The number of hydrogen-bond acceptors (Lipinski definition) is 4. The Morgan fingerprint density at radius 3 is 2.53 bits per heavy atom. The summed E-state index contributed by atoms with van der Waals surface area (Å²) in [5, 5.41) is 10.1. The van der Waals surface area contributed by atoms with E-state index in [4.69, 9.17) is 4.74 Å². The van der Waals surface area contributed by atoms with Crippen LogP contribution in [-0.2, 0) is 11.2 Å². The highest BCUT2D eigenvalue weighted by atomic mass is 16.6. The summed E-state index contributed by atoms with van der Waals surface area (Å²) in [6.45, 7) is 5.45. The summed E-state index contributed by atoms with van der Waals surface area (Å²) >= 11 is 0. The molecular weight excluding hydrogens is 220 g/mol. The van der Waals surface area contributed by atoms with E-state index in [0.29, 0.717) is 11.5 Å². The molecule has 0 aliphatic carbocycles. The number of hydroxylamine groups is 2. The second-order valence-electron chi connectivity index (χ2n) is 4.71. The summed E-state index contributed by atoms with van der Waals surface area (Å²) < 4.78 is 5.01. The van der Waals surface area contributed by atoms with Crippen LogP contribution in [-0.4, -0.2) is 33.5 Å². The maximum atomic E-state index is 11.4. The minimum atomic E-state index is -0.730. The van der Waals surface area contributed by atoms with Crippen LogP contribution in [0.15, 0.2) is 24.5 Å². The molecule has 0 fully saturated rings. The number of carbonyl (C=O) groups excluding carboxylic acids is 1. The Morgan fingerprint density at radius 2 is 2.00 bits per heavy atom. The van der Waals surface area contributed by atoms with E-state index in [1.807, 2.05) is 12.1 Å². The topological polar surface area (TPSA) is 62.7 Å². The van der Waals surface area contributed by atoms with Crippen molar-refractivity contribution < 1.29 is 14.7 Å². The van der Waals surface area contributed by atoms with Crippen molar-refractivity contribution in [2.75, 3.05) is 6.54 Å². The normalized spacial score (nSPS) is 11.1. The van der Waals surface area contributed by atoms with E-state index < -0.39 is 11.7 Å². The molecule has 0 saturated heterocycles. The minimum Gasteiger partial charge on any atom is -0.442 e. The zero-order chi connectivity index (χ0) is 12.9. The number of amides is 1. The molecular formula is C12H18N2O3. The van der Waals surface area contributed by atoms with Crippen molar-refractivity contribution in [3.8, 4) is 0 Å². The van der Waals surface area contributed by atoms with Gasteiger partial charge in [-0.05, 0) is 44.9 Å². The Morgan fingerprint density at radius 1 is 1.41 bits per heavy atom. The summed E-state index contributed by atoms with van der Waals surface area (Å²) in [6.07, 6.45) is 3.17. The molecule has 0 saturated carbocycles. The van der Waals surface area contributed by atoms with Gasteiger partial charge in [-0.15, -0.1) is 0 Å². The first-order valence-corrected chi connectivity index (χ1v) is 5.47. The number of nitrogens with zero attached hydrogens (tertiary/aromatic N) is 2. The molecule has 1 aromatic heterocycles. The minimum absolute atomic E-state index is 0.193. The molecule has 0 radical (unpaired) electrons. The molecule has 1 N–H and O–H groups in total. The van der Waals surface area contributed by atoms with Crippen molar-refractivity contribution in [3.05, 3.63) is 30.1 Å². The molecule has 17 heavy (non-hydrogen) atoms. The van der Waals surface area contributed by atoms with E-state index >= 15 is 0 Å². The molecule has 1 amide bonds. The van der Waals surface area contributed by atoms with Crippen LogP contribution in [0.2, 0.25) is 0 Å². The van der Waals surface area contributed by atoms with Gasteiger partial charge in [0.05, 0.1) is 6.54 Å². The average Bonchev–Trinajstić information content (AvgIpc) is 2.25. The largest absolute Gasteiger partial charge is 0.442 e. The van der Waals surface area contributed by atoms with Gasteiger partial charge in [-0.1, -0.05) is 0 Å². The van der Waals surface area contributed by atoms with Crippen LogP contribution in [0.3, 0.4) is 0 Å². The van der Waals surface area contributed by atoms with Crippen LogP contribution in [0.1, 0.15) is 26.3 Å². The molecule has 5 nitrogen and oxygen atoms in total. The van der Waals surface area contributed by atoms with Crippen LogP contribution in [0.25, 0.3) is 0 Å². The molecule has 0 atom stereocenters. The lowest BCUT2D eigenvalue weighted by Crippen LogP contribution is -2.35. The van der Waals surface area contributed by atoms with E-state index in [2.05, 4.69) is 4.98 Å². The Hall–Kier alpha value is -1.62. The maximum Gasteiger partial charge on any atom is 0.434 e. The quantitative estimate of drug-likeness (QED) is 0.648. The van der Waals surface area contributed by atoms with E-state index in [1.165, 1.54) is 0 Å². The molecule has 94 valence electrons. The van der Waals surface area contributed by atoms with Crippen molar-refractivity contribution in [2.24, 2.45) is 0 Å². The summed E-state index contributed by atoms with van der Waals surface area (Å²) in [4.78, 5) is 15.3. The predicted octanol–water partition coefficient (Wildman–Crippen LogP) is 2.25. The lowest BCUT2D eigenvalue weighted by molar-refractivity contribution is -0.0930. The zero-order valence-electron chi connectivity index (χ0n) is 10.4. The van der Waals surface area contributed by atoms with Gasteiger partial charge in [-0.2, -0.15) is 5.06 Å². The second-order valence-corrected chi connectivity index (χ2v) is 4.71. The third kappa shape index (κ3) is 5.31.